The summed E-state index contributed by atoms with van der Waals surface area (Å²) in [7, 11) is 1.63. The minimum atomic E-state index is -0.252. The Labute approximate surface area is 207 Å². The molecule has 0 aliphatic carbocycles. The average molecular weight is 488 g/mol. The SMILES string of the molecule is COc1ccc(-n2c(SCC(=O)NN=CC(C)=Cc3ccco3)nnc2-c2ccc(C)cc2)cc1. The first-order chi connectivity index (χ1) is 17.0. The van der Waals surface area contributed by atoms with Gasteiger partial charge in [-0.3, -0.25) is 9.36 Å². The second-order valence-corrected chi connectivity index (χ2v) is 8.63. The van der Waals surface area contributed by atoms with Crippen molar-refractivity contribution in [3.05, 3.63) is 83.8 Å². The fourth-order valence-electron chi connectivity index (χ4n) is 3.22. The van der Waals surface area contributed by atoms with Crippen LogP contribution < -0.4 is 10.2 Å². The van der Waals surface area contributed by atoms with Crippen LogP contribution in [0.1, 0.15) is 18.2 Å². The molecule has 0 saturated heterocycles. The molecule has 0 spiro atoms. The molecule has 0 bridgehead atoms. The molecule has 0 atom stereocenters. The molecule has 4 aromatic rings. The summed E-state index contributed by atoms with van der Waals surface area (Å²) in [5, 5.41) is 13.4. The first-order valence-electron chi connectivity index (χ1n) is 10.9. The molecule has 8 nitrogen and oxygen atoms in total. The highest BCUT2D eigenvalue weighted by atomic mass is 32.2. The number of hydrogen-bond acceptors (Lipinski definition) is 7. The van der Waals surface area contributed by atoms with Crippen molar-refractivity contribution in [1.82, 2.24) is 20.2 Å². The van der Waals surface area contributed by atoms with Crippen LogP contribution in [-0.2, 0) is 4.79 Å². The average Bonchev–Trinajstić information content (AvgIpc) is 3.53. The van der Waals surface area contributed by atoms with Crippen LogP contribution in [0.3, 0.4) is 0 Å². The molecule has 0 aliphatic rings. The molecule has 9 heteroatoms. The highest BCUT2D eigenvalue weighted by Crippen LogP contribution is 2.29. The van der Waals surface area contributed by atoms with Gasteiger partial charge in [0.2, 0.25) is 0 Å². The predicted octanol–water partition coefficient (Wildman–Crippen LogP) is 5.14. The number of hydrazone groups is 1. The molecule has 2 heterocycles. The van der Waals surface area contributed by atoms with E-state index in [4.69, 9.17) is 9.15 Å². The van der Waals surface area contributed by atoms with Crippen molar-refractivity contribution in [2.75, 3.05) is 12.9 Å². The lowest BCUT2D eigenvalue weighted by atomic mass is 10.1. The minimum absolute atomic E-state index is 0.125. The van der Waals surface area contributed by atoms with E-state index in [0.29, 0.717) is 11.0 Å². The summed E-state index contributed by atoms with van der Waals surface area (Å²) in [5.74, 6) is 2.04. The summed E-state index contributed by atoms with van der Waals surface area (Å²) in [5.41, 5.74) is 6.34. The fourth-order valence-corrected chi connectivity index (χ4v) is 3.96. The van der Waals surface area contributed by atoms with Gasteiger partial charge in [-0.05, 0) is 61.9 Å². The number of aryl methyl sites for hydroxylation is 1. The smallest absolute Gasteiger partial charge is 0.250 e. The zero-order chi connectivity index (χ0) is 24.6. The highest BCUT2D eigenvalue weighted by molar-refractivity contribution is 7.99. The Morgan fingerprint density at radius 2 is 1.91 bits per heavy atom. The van der Waals surface area contributed by atoms with E-state index in [-0.39, 0.29) is 11.7 Å². The maximum absolute atomic E-state index is 12.4. The Hall–Kier alpha value is -4.11. The molecule has 0 radical (unpaired) electrons. The number of rotatable bonds is 9. The third-order valence-electron chi connectivity index (χ3n) is 4.98. The zero-order valence-electron chi connectivity index (χ0n) is 19.6. The van der Waals surface area contributed by atoms with Crippen LogP contribution in [0.15, 0.2) is 87.2 Å². The normalized spacial score (nSPS) is 11.7. The van der Waals surface area contributed by atoms with E-state index >= 15 is 0 Å². The summed E-state index contributed by atoms with van der Waals surface area (Å²) in [6.45, 7) is 3.91. The number of carbonyl (C=O) groups is 1. The van der Waals surface area contributed by atoms with Crippen LogP contribution in [-0.4, -0.2) is 39.7 Å². The van der Waals surface area contributed by atoms with E-state index in [0.717, 1.165) is 33.9 Å². The van der Waals surface area contributed by atoms with Crippen molar-refractivity contribution in [1.29, 1.82) is 0 Å². The standard InChI is InChI=1S/C26H25N5O3S/c1-18-6-8-20(9-7-18)25-29-30-26(31(25)21-10-12-22(33-3)13-11-21)35-17-24(32)28-27-16-19(2)15-23-5-4-14-34-23/h4-16H,17H2,1-3H3,(H,28,32). The lowest BCUT2D eigenvalue weighted by molar-refractivity contribution is -0.118. The molecule has 2 aromatic carbocycles. The van der Waals surface area contributed by atoms with E-state index in [9.17, 15) is 4.79 Å². The van der Waals surface area contributed by atoms with Gasteiger partial charge in [0, 0.05) is 11.3 Å². The molecular formula is C26H25N5O3S. The van der Waals surface area contributed by atoms with Gasteiger partial charge < -0.3 is 9.15 Å². The highest BCUT2D eigenvalue weighted by Gasteiger charge is 2.17. The van der Waals surface area contributed by atoms with E-state index in [1.165, 1.54) is 11.8 Å². The summed E-state index contributed by atoms with van der Waals surface area (Å²) in [4.78, 5) is 12.4. The molecule has 2 aromatic heterocycles. The number of aromatic nitrogens is 3. The molecule has 0 fully saturated rings. The van der Waals surface area contributed by atoms with Crippen LogP contribution in [0.2, 0.25) is 0 Å². The number of benzene rings is 2. The van der Waals surface area contributed by atoms with Crippen molar-refractivity contribution in [3.8, 4) is 22.8 Å². The third-order valence-corrected chi connectivity index (χ3v) is 5.91. The van der Waals surface area contributed by atoms with Crippen LogP contribution in [0.25, 0.3) is 23.2 Å². The number of hydrogen-bond donors (Lipinski definition) is 1. The van der Waals surface area contributed by atoms with Crippen LogP contribution in [0.4, 0.5) is 0 Å². The number of ether oxygens (including phenoxy) is 1. The second kappa shape index (κ2) is 11.3. The maximum atomic E-state index is 12.4. The monoisotopic (exact) mass is 487 g/mol. The third kappa shape index (κ3) is 6.27. The number of amides is 1. The zero-order valence-corrected chi connectivity index (χ0v) is 20.5. The topological polar surface area (TPSA) is 94.5 Å². The maximum Gasteiger partial charge on any atom is 0.250 e. The Morgan fingerprint density at radius 3 is 2.60 bits per heavy atom. The number of allylic oxidation sites excluding steroid dienone is 1. The van der Waals surface area contributed by atoms with Gasteiger partial charge in [-0.15, -0.1) is 10.2 Å². The molecule has 4 rings (SSSR count). The largest absolute Gasteiger partial charge is 0.497 e. The number of carbonyl (C=O) groups excluding carboxylic acids is 1. The fraction of sp³-hybridized carbons (Fsp3) is 0.154. The predicted molar refractivity (Wildman–Crippen MR) is 138 cm³/mol. The van der Waals surface area contributed by atoms with Gasteiger partial charge >= 0.3 is 0 Å². The molecule has 0 unspecified atom stereocenters. The number of furan rings is 1. The van der Waals surface area contributed by atoms with Gasteiger partial charge in [-0.1, -0.05) is 41.6 Å². The van der Waals surface area contributed by atoms with Crippen molar-refractivity contribution < 1.29 is 13.9 Å². The van der Waals surface area contributed by atoms with E-state index in [1.807, 2.05) is 85.2 Å². The molecule has 0 aliphatic heterocycles. The van der Waals surface area contributed by atoms with Crippen LogP contribution >= 0.6 is 11.8 Å². The summed E-state index contributed by atoms with van der Waals surface area (Å²) < 4.78 is 12.5. The minimum Gasteiger partial charge on any atom is -0.497 e. The van der Waals surface area contributed by atoms with Gasteiger partial charge in [0.05, 0.1) is 25.3 Å². The first kappa shape index (κ1) is 24.0. The first-order valence-corrected chi connectivity index (χ1v) is 11.9. The summed E-state index contributed by atoms with van der Waals surface area (Å²) >= 11 is 1.28. The Bertz CT molecular complexity index is 1320. The molecule has 178 valence electrons. The number of nitrogens with one attached hydrogen (secondary N) is 1. The summed E-state index contributed by atoms with van der Waals surface area (Å²) in [6.07, 6.45) is 5.00. The Balaban J connectivity index is 1.49. The number of nitrogens with zero attached hydrogens (tertiary/aromatic N) is 4. The van der Waals surface area contributed by atoms with Crippen LogP contribution in [0.5, 0.6) is 5.75 Å². The Morgan fingerprint density at radius 1 is 1.14 bits per heavy atom. The number of methoxy groups -OCH3 is 1. The molecular weight excluding hydrogens is 462 g/mol. The van der Waals surface area contributed by atoms with E-state index in [1.54, 1.807) is 19.6 Å². The quantitative estimate of drug-likeness (QED) is 0.200. The van der Waals surface area contributed by atoms with Crippen molar-refractivity contribution in [2.24, 2.45) is 5.10 Å². The Kier molecular flexibility index (Phi) is 7.79. The van der Waals surface area contributed by atoms with E-state index < -0.39 is 0 Å². The second-order valence-electron chi connectivity index (χ2n) is 7.69. The summed E-state index contributed by atoms with van der Waals surface area (Å²) in [6, 6.07) is 19.4. The molecule has 1 amide bonds. The van der Waals surface area contributed by atoms with Gasteiger partial charge in [0.15, 0.2) is 11.0 Å². The van der Waals surface area contributed by atoms with Crippen molar-refractivity contribution in [2.45, 2.75) is 19.0 Å². The van der Waals surface area contributed by atoms with Gasteiger partial charge in [-0.2, -0.15) is 5.10 Å². The molecule has 35 heavy (non-hydrogen) atoms. The van der Waals surface area contributed by atoms with Crippen molar-refractivity contribution in [3.63, 3.8) is 0 Å². The molecule has 1 N–H and O–H groups in total. The van der Waals surface area contributed by atoms with E-state index in [2.05, 4.69) is 20.7 Å². The van der Waals surface area contributed by atoms with Crippen molar-refractivity contribution >= 4 is 30.0 Å². The molecule has 0 saturated carbocycles. The van der Waals surface area contributed by atoms with Gasteiger partial charge in [0.25, 0.3) is 5.91 Å². The van der Waals surface area contributed by atoms with Crippen LogP contribution in [0, 0.1) is 6.92 Å². The van der Waals surface area contributed by atoms with Gasteiger partial charge in [0.1, 0.15) is 11.5 Å². The lowest BCUT2D eigenvalue weighted by Gasteiger charge is -2.11. The lowest BCUT2D eigenvalue weighted by Crippen LogP contribution is -2.20. The van der Waals surface area contributed by atoms with Gasteiger partial charge in [-0.25, -0.2) is 5.43 Å². The number of thioether (sulfide) groups is 1.